The van der Waals surface area contributed by atoms with Gasteiger partial charge in [0.15, 0.2) is 0 Å². The number of rotatable bonds is 19. The van der Waals surface area contributed by atoms with E-state index in [1.54, 1.807) is 0 Å². The van der Waals surface area contributed by atoms with Crippen molar-refractivity contribution in [1.82, 2.24) is 0 Å². The molecule has 0 aliphatic carbocycles. The highest BCUT2D eigenvalue weighted by atomic mass is 35.5. The Morgan fingerprint density at radius 1 is 0.571 bits per heavy atom. The average molecular weight is 437 g/mol. The number of hydrogen-bond acceptors (Lipinski definition) is 3. The fourth-order valence-electron chi connectivity index (χ4n) is 4.26. The van der Waals surface area contributed by atoms with Gasteiger partial charge in [0.2, 0.25) is 0 Å². The van der Waals surface area contributed by atoms with Crippen molar-refractivity contribution in [3.63, 3.8) is 0 Å². The standard InChI is InChI=1S/C23H49ClO3Si/c1-5-7-8-9-10-11-12-13-14-15-16-17-18-19-21-22(3,4)23(24,20-6-2)28(25,26)27/h25-27H,5-21H2,1-4H3. The van der Waals surface area contributed by atoms with Gasteiger partial charge in [-0.25, -0.2) is 0 Å². The molecule has 0 aliphatic heterocycles. The Kier molecular flexibility index (Phi) is 15.4. The molecule has 5 heteroatoms. The van der Waals surface area contributed by atoms with E-state index in [2.05, 4.69) is 6.92 Å². The van der Waals surface area contributed by atoms with E-state index < -0.39 is 18.7 Å². The summed E-state index contributed by atoms with van der Waals surface area (Å²) in [7, 11) is -4.41. The van der Waals surface area contributed by atoms with Crippen LogP contribution in [0.4, 0.5) is 0 Å². The van der Waals surface area contributed by atoms with E-state index in [0.29, 0.717) is 6.42 Å². The van der Waals surface area contributed by atoms with Crippen molar-refractivity contribution >= 4 is 20.4 Å². The van der Waals surface area contributed by atoms with Gasteiger partial charge in [-0.15, -0.1) is 11.6 Å². The van der Waals surface area contributed by atoms with Crippen LogP contribution in [-0.4, -0.2) is 27.7 Å². The fraction of sp³-hybridized carbons (Fsp3) is 1.00. The largest absolute Gasteiger partial charge is 0.515 e. The summed E-state index contributed by atoms with van der Waals surface area (Å²) in [5.74, 6) is 0. The van der Waals surface area contributed by atoms with E-state index in [1.165, 1.54) is 77.0 Å². The van der Waals surface area contributed by atoms with Crippen molar-refractivity contribution in [1.29, 1.82) is 0 Å². The summed E-state index contributed by atoms with van der Waals surface area (Å²) in [6, 6.07) is 0. The van der Waals surface area contributed by atoms with Crippen LogP contribution in [0.5, 0.6) is 0 Å². The summed E-state index contributed by atoms with van der Waals surface area (Å²) in [4.78, 5) is 29.8. The highest BCUT2D eigenvalue weighted by Gasteiger charge is 2.60. The molecule has 1 unspecified atom stereocenters. The fourth-order valence-corrected chi connectivity index (χ4v) is 6.17. The SMILES string of the molecule is CCCCCCCCCCCCCCCCC(C)(C)C(Cl)(CCC)[Si](O)(O)O. The van der Waals surface area contributed by atoms with E-state index in [0.717, 1.165) is 25.7 Å². The van der Waals surface area contributed by atoms with Gasteiger partial charge in [-0.2, -0.15) is 0 Å². The summed E-state index contributed by atoms with van der Waals surface area (Å²) >= 11 is 6.58. The predicted octanol–water partition coefficient (Wildman–Crippen LogP) is 7.12. The van der Waals surface area contributed by atoms with E-state index in [9.17, 15) is 14.4 Å². The molecule has 0 spiro atoms. The molecule has 0 aromatic heterocycles. The third-order valence-electron chi connectivity index (χ3n) is 6.35. The number of unbranched alkanes of at least 4 members (excludes halogenated alkanes) is 13. The van der Waals surface area contributed by atoms with Gasteiger partial charge in [-0.1, -0.05) is 124 Å². The molecule has 0 aromatic carbocycles. The number of alkyl halides is 1. The highest BCUT2D eigenvalue weighted by Crippen LogP contribution is 2.47. The monoisotopic (exact) mass is 436 g/mol. The molecule has 0 saturated carbocycles. The zero-order chi connectivity index (χ0) is 21.5. The van der Waals surface area contributed by atoms with Crippen LogP contribution in [0.25, 0.3) is 0 Å². The van der Waals surface area contributed by atoms with Crippen LogP contribution >= 0.6 is 11.6 Å². The molecule has 3 N–H and O–H groups in total. The van der Waals surface area contributed by atoms with Crippen LogP contribution in [-0.2, 0) is 0 Å². The van der Waals surface area contributed by atoms with Gasteiger partial charge >= 0.3 is 8.80 Å². The first kappa shape index (κ1) is 28.4. The normalized spacial score (nSPS) is 15.0. The first-order valence-electron chi connectivity index (χ1n) is 12.0. The second-order valence-electron chi connectivity index (χ2n) is 9.42. The molecular formula is C23H49ClO3Si. The maximum atomic E-state index is 9.94. The minimum absolute atomic E-state index is 0.426. The summed E-state index contributed by atoms with van der Waals surface area (Å²) in [6.07, 6.45) is 20.5. The molecule has 0 rings (SSSR count). The number of halogens is 1. The quantitative estimate of drug-likeness (QED) is 0.115. The van der Waals surface area contributed by atoms with Crippen LogP contribution in [0.3, 0.4) is 0 Å². The first-order valence-corrected chi connectivity index (χ1v) is 14.2. The minimum atomic E-state index is -4.41. The lowest BCUT2D eigenvalue weighted by Gasteiger charge is -2.44. The second kappa shape index (κ2) is 15.2. The van der Waals surface area contributed by atoms with Gasteiger partial charge in [0.1, 0.15) is 4.50 Å². The molecule has 3 nitrogen and oxygen atoms in total. The van der Waals surface area contributed by atoms with E-state index in [-0.39, 0.29) is 0 Å². The van der Waals surface area contributed by atoms with Gasteiger partial charge in [-0.05, 0) is 18.3 Å². The van der Waals surface area contributed by atoms with E-state index in [1.807, 2.05) is 20.8 Å². The van der Waals surface area contributed by atoms with Crippen LogP contribution in [0.2, 0.25) is 0 Å². The van der Waals surface area contributed by atoms with Crippen LogP contribution in [0.15, 0.2) is 0 Å². The molecule has 0 amide bonds. The van der Waals surface area contributed by atoms with Gasteiger partial charge in [-0.3, -0.25) is 0 Å². The smallest absolute Gasteiger partial charge is 0.389 e. The van der Waals surface area contributed by atoms with Crippen molar-refractivity contribution in [2.24, 2.45) is 5.41 Å². The highest BCUT2D eigenvalue weighted by molar-refractivity contribution is 6.71. The molecule has 170 valence electrons. The van der Waals surface area contributed by atoms with Crippen LogP contribution in [0, 0.1) is 5.41 Å². The minimum Gasteiger partial charge on any atom is -0.389 e. The van der Waals surface area contributed by atoms with Crippen molar-refractivity contribution in [2.45, 2.75) is 141 Å². The van der Waals surface area contributed by atoms with E-state index >= 15 is 0 Å². The average Bonchev–Trinajstić information content (AvgIpc) is 2.61. The summed E-state index contributed by atoms with van der Waals surface area (Å²) in [5.41, 5.74) is -0.494. The second-order valence-corrected chi connectivity index (χ2v) is 12.5. The van der Waals surface area contributed by atoms with Crippen molar-refractivity contribution in [3.8, 4) is 0 Å². The van der Waals surface area contributed by atoms with Crippen molar-refractivity contribution in [3.05, 3.63) is 0 Å². The van der Waals surface area contributed by atoms with Gasteiger partial charge < -0.3 is 14.4 Å². The lowest BCUT2D eigenvalue weighted by Crippen LogP contribution is -2.63. The Bertz CT molecular complexity index is 371. The van der Waals surface area contributed by atoms with Crippen molar-refractivity contribution < 1.29 is 14.4 Å². The summed E-state index contributed by atoms with van der Waals surface area (Å²) in [6.45, 7) is 8.15. The van der Waals surface area contributed by atoms with Gasteiger partial charge in [0, 0.05) is 0 Å². The lowest BCUT2D eigenvalue weighted by molar-refractivity contribution is 0.135. The molecule has 1 atom stereocenters. The zero-order valence-corrected chi connectivity index (χ0v) is 21.0. The third kappa shape index (κ3) is 11.0. The molecule has 0 saturated heterocycles. The van der Waals surface area contributed by atoms with Crippen LogP contribution < -0.4 is 0 Å². The Balaban J connectivity index is 3.79. The molecule has 0 aliphatic rings. The molecule has 0 bridgehead atoms. The first-order chi connectivity index (χ1) is 13.1. The summed E-state index contributed by atoms with van der Waals surface area (Å²) < 4.78 is -1.30. The Morgan fingerprint density at radius 2 is 0.929 bits per heavy atom. The Labute approximate surface area is 181 Å². The van der Waals surface area contributed by atoms with E-state index in [4.69, 9.17) is 11.6 Å². The maximum Gasteiger partial charge on any atom is 0.515 e. The van der Waals surface area contributed by atoms with Gasteiger partial charge in [0.05, 0.1) is 0 Å². The Hall–Kier alpha value is 0.387. The van der Waals surface area contributed by atoms with Crippen LogP contribution in [0.1, 0.15) is 137 Å². The zero-order valence-electron chi connectivity index (χ0n) is 19.2. The number of hydrogen-bond donors (Lipinski definition) is 3. The topological polar surface area (TPSA) is 60.7 Å². The van der Waals surface area contributed by atoms with Gasteiger partial charge in [0.25, 0.3) is 0 Å². The Morgan fingerprint density at radius 3 is 1.25 bits per heavy atom. The van der Waals surface area contributed by atoms with Crippen molar-refractivity contribution in [2.75, 3.05) is 0 Å². The maximum absolute atomic E-state index is 9.94. The molecular weight excluding hydrogens is 388 g/mol. The summed E-state index contributed by atoms with van der Waals surface area (Å²) in [5, 5.41) is 0. The molecule has 0 aromatic rings. The lowest BCUT2D eigenvalue weighted by atomic mass is 9.80. The molecule has 0 fully saturated rings. The third-order valence-corrected chi connectivity index (χ3v) is 9.81. The molecule has 0 radical (unpaired) electrons. The predicted molar refractivity (Wildman–Crippen MR) is 125 cm³/mol. The molecule has 28 heavy (non-hydrogen) atoms. The molecule has 0 heterocycles.